The fourth-order valence-electron chi connectivity index (χ4n) is 3.72. The van der Waals surface area contributed by atoms with Crippen LogP contribution in [0.15, 0.2) is 12.4 Å². The average molecular weight is 334 g/mol. The highest BCUT2D eigenvalue weighted by Gasteiger charge is 2.26. The molecule has 134 valence electrons. The third-order valence-electron chi connectivity index (χ3n) is 5.03. The van der Waals surface area contributed by atoms with Crippen LogP contribution in [0.3, 0.4) is 0 Å². The highest BCUT2D eigenvalue weighted by atomic mass is 16.5. The fourth-order valence-corrected chi connectivity index (χ4v) is 3.72. The maximum atomic E-state index is 8.85. The lowest BCUT2D eigenvalue weighted by molar-refractivity contribution is 0.181. The van der Waals surface area contributed by atoms with Gasteiger partial charge in [0.1, 0.15) is 0 Å². The molecule has 0 bridgehead atoms. The lowest BCUT2D eigenvalue weighted by Crippen LogP contribution is -2.48. The maximum Gasteiger partial charge on any atom is 0.234 e. The second kappa shape index (κ2) is 9.18. The number of aliphatic hydroxyl groups excluding tert-OH is 1. The minimum atomic E-state index is 0.136. The SMILES string of the molecule is OCCCOc1cncc(N2CCC[C@@H](N3CCCCCC3)C2)n1. The van der Waals surface area contributed by atoms with E-state index in [9.17, 15) is 0 Å². The van der Waals surface area contributed by atoms with Gasteiger partial charge in [-0.1, -0.05) is 12.8 Å². The molecular weight excluding hydrogens is 304 g/mol. The van der Waals surface area contributed by atoms with E-state index in [4.69, 9.17) is 9.84 Å². The van der Waals surface area contributed by atoms with Crippen molar-refractivity contribution in [2.45, 2.75) is 51.0 Å². The van der Waals surface area contributed by atoms with E-state index >= 15 is 0 Å². The lowest BCUT2D eigenvalue weighted by atomic mass is 10.0. The van der Waals surface area contributed by atoms with Crippen molar-refractivity contribution in [1.82, 2.24) is 14.9 Å². The summed E-state index contributed by atoms with van der Waals surface area (Å²) in [6.07, 6.45) is 12.0. The Kier molecular flexibility index (Phi) is 6.66. The second-order valence-electron chi connectivity index (χ2n) is 6.83. The Morgan fingerprint density at radius 2 is 1.92 bits per heavy atom. The van der Waals surface area contributed by atoms with E-state index in [1.807, 2.05) is 6.20 Å². The number of piperidine rings is 1. The Bertz CT molecular complexity index is 492. The lowest BCUT2D eigenvalue weighted by Gasteiger charge is -2.39. The Hall–Kier alpha value is -1.40. The summed E-state index contributed by atoms with van der Waals surface area (Å²) in [5.41, 5.74) is 0. The molecule has 6 nitrogen and oxygen atoms in total. The summed E-state index contributed by atoms with van der Waals surface area (Å²) < 4.78 is 5.57. The van der Waals surface area contributed by atoms with E-state index in [0.717, 1.165) is 18.9 Å². The maximum absolute atomic E-state index is 8.85. The molecule has 1 aromatic rings. The zero-order valence-electron chi connectivity index (χ0n) is 14.6. The standard InChI is InChI=1S/C18H30N4O2/c23-11-6-12-24-18-14-19-13-17(20-18)22-10-5-7-16(15-22)21-8-3-1-2-4-9-21/h13-14,16,23H,1-12,15H2/t16-/m1/s1. The van der Waals surface area contributed by atoms with Crippen LogP contribution in [0.25, 0.3) is 0 Å². The van der Waals surface area contributed by atoms with Gasteiger partial charge in [0.25, 0.3) is 0 Å². The zero-order chi connectivity index (χ0) is 16.6. The minimum Gasteiger partial charge on any atom is -0.476 e. The summed E-state index contributed by atoms with van der Waals surface area (Å²) in [7, 11) is 0. The normalized spacial score (nSPS) is 23.0. The molecule has 0 unspecified atom stereocenters. The third-order valence-corrected chi connectivity index (χ3v) is 5.03. The van der Waals surface area contributed by atoms with Gasteiger partial charge < -0.3 is 14.7 Å². The van der Waals surface area contributed by atoms with Gasteiger partial charge in [0.05, 0.1) is 19.0 Å². The molecule has 3 heterocycles. The van der Waals surface area contributed by atoms with Crippen LogP contribution in [0.2, 0.25) is 0 Å². The molecule has 1 atom stereocenters. The van der Waals surface area contributed by atoms with Crippen molar-refractivity contribution in [3.05, 3.63) is 12.4 Å². The average Bonchev–Trinajstić information content (AvgIpc) is 2.92. The second-order valence-corrected chi connectivity index (χ2v) is 6.83. The number of aromatic nitrogens is 2. The van der Waals surface area contributed by atoms with Crippen LogP contribution in [0.5, 0.6) is 5.88 Å². The number of nitrogens with zero attached hydrogens (tertiary/aromatic N) is 4. The molecule has 0 saturated carbocycles. The predicted molar refractivity (Wildman–Crippen MR) is 94.5 cm³/mol. The van der Waals surface area contributed by atoms with Crippen molar-refractivity contribution in [1.29, 1.82) is 0 Å². The molecule has 0 radical (unpaired) electrons. The van der Waals surface area contributed by atoms with Crippen molar-refractivity contribution in [3.8, 4) is 5.88 Å². The number of hydrogen-bond donors (Lipinski definition) is 1. The van der Waals surface area contributed by atoms with Crippen LogP contribution in [-0.4, -0.2) is 65.4 Å². The molecule has 1 aromatic heterocycles. The van der Waals surface area contributed by atoms with Gasteiger partial charge in [0, 0.05) is 32.2 Å². The molecular formula is C18H30N4O2. The molecule has 2 saturated heterocycles. The first kappa shape index (κ1) is 17.4. The molecule has 0 amide bonds. The van der Waals surface area contributed by atoms with Gasteiger partial charge in [0.15, 0.2) is 5.82 Å². The van der Waals surface area contributed by atoms with E-state index in [1.54, 1.807) is 6.20 Å². The highest BCUT2D eigenvalue weighted by molar-refractivity contribution is 5.38. The van der Waals surface area contributed by atoms with Gasteiger partial charge in [-0.25, -0.2) is 0 Å². The molecule has 0 spiro atoms. The minimum absolute atomic E-state index is 0.136. The van der Waals surface area contributed by atoms with Crippen molar-refractivity contribution in [2.24, 2.45) is 0 Å². The van der Waals surface area contributed by atoms with Crippen molar-refractivity contribution >= 4 is 5.82 Å². The summed E-state index contributed by atoms with van der Waals surface area (Å²) >= 11 is 0. The summed E-state index contributed by atoms with van der Waals surface area (Å²) in [5, 5.41) is 8.85. The Labute approximate surface area is 144 Å². The Balaban J connectivity index is 1.60. The number of rotatable bonds is 6. The molecule has 24 heavy (non-hydrogen) atoms. The molecule has 3 rings (SSSR count). The van der Waals surface area contributed by atoms with E-state index in [2.05, 4.69) is 19.8 Å². The number of ether oxygens (including phenoxy) is 1. The van der Waals surface area contributed by atoms with E-state index < -0.39 is 0 Å². The number of hydrogen-bond acceptors (Lipinski definition) is 6. The van der Waals surface area contributed by atoms with Crippen LogP contribution in [-0.2, 0) is 0 Å². The van der Waals surface area contributed by atoms with Crippen LogP contribution in [0, 0.1) is 0 Å². The fraction of sp³-hybridized carbons (Fsp3) is 0.778. The van der Waals surface area contributed by atoms with Crippen LogP contribution < -0.4 is 9.64 Å². The van der Waals surface area contributed by atoms with Crippen LogP contribution in [0.1, 0.15) is 44.9 Å². The van der Waals surface area contributed by atoms with Crippen LogP contribution >= 0.6 is 0 Å². The number of likely N-dealkylation sites (tertiary alicyclic amines) is 1. The number of anilines is 1. The van der Waals surface area contributed by atoms with Gasteiger partial charge in [-0.15, -0.1) is 0 Å². The van der Waals surface area contributed by atoms with E-state index in [0.29, 0.717) is 24.9 Å². The third kappa shape index (κ3) is 4.80. The van der Waals surface area contributed by atoms with Crippen molar-refractivity contribution in [2.75, 3.05) is 44.3 Å². The Morgan fingerprint density at radius 1 is 1.08 bits per heavy atom. The quantitative estimate of drug-likeness (QED) is 0.804. The summed E-state index contributed by atoms with van der Waals surface area (Å²) in [5.74, 6) is 1.47. The van der Waals surface area contributed by atoms with Crippen LogP contribution in [0.4, 0.5) is 5.82 Å². The van der Waals surface area contributed by atoms with Gasteiger partial charge >= 0.3 is 0 Å². The molecule has 2 aliphatic rings. The molecule has 2 fully saturated rings. The highest BCUT2D eigenvalue weighted by Crippen LogP contribution is 2.24. The molecule has 0 aliphatic carbocycles. The number of aliphatic hydroxyl groups is 1. The van der Waals surface area contributed by atoms with Gasteiger partial charge in [-0.3, -0.25) is 9.88 Å². The molecule has 2 aliphatic heterocycles. The van der Waals surface area contributed by atoms with E-state index in [-0.39, 0.29) is 6.61 Å². The van der Waals surface area contributed by atoms with Crippen molar-refractivity contribution in [3.63, 3.8) is 0 Å². The molecule has 1 N–H and O–H groups in total. The first-order valence-electron chi connectivity index (χ1n) is 9.41. The summed E-state index contributed by atoms with van der Waals surface area (Å²) in [4.78, 5) is 13.9. The van der Waals surface area contributed by atoms with Crippen molar-refractivity contribution < 1.29 is 9.84 Å². The van der Waals surface area contributed by atoms with Gasteiger partial charge in [0.2, 0.25) is 5.88 Å². The van der Waals surface area contributed by atoms with E-state index in [1.165, 1.54) is 51.6 Å². The first-order chi connectivity index (χ1) is 11.9. The smallest absolute Gasteiger partial charge is 0.234 e. The zero-order valence-corrected chi connectivity index (χ0v) is 14.6. The summed E-state index contributed by atoms with van der Waals surface area (Å²) in [6, 6.07) is 0.637. The first-order valence-corrected chi connectivity index (χ1v) is 9.41. The monoisotopic (exact) mass is 334 g/mol. The van der Waals surface area contributed by atoms with Gasteiger partial charge in [-0.05, 0) is 38.8 Å². The topological polar surface area (TPSA) is 61.7 Å². The van der Waals surface area contributed by atoms with Gasteiger partial charge in [-0.2, -0.15) is 4.98 Å². The largest absolute Gasteiger partial charge is 0.476 e. The summed E-state index contributed by atoms with van der Waals surface area (Å²) in [6.45, 7) is 5.18. The molecule has 6 heteroatoms. The predicted octanol–water partition coefficient (Wildman–Crippen LogP) is 2.08. The molecule has 0 aromatic carbocycles. The Morgan fingerprint density at radius 3 is 2.71 bits per heavy atom.